The van der Waals surface area contributed by atoms with Crippen molar-refractivity contribution in [2.75, 3.05) is 6.54 Å². The lowest BCUT2D eigenvalue weighted by atomic mass is 9.97. The van der Waals surface area contributed by atoms with E-state index in [4.69, 9.17) is 0 Å². The molecule has 0 fully saturated rings. The minimum Gasteiger partial charge on any atom is -0.309 e. The van der Waals surface area contributed by atoms with Crippen LogP contribution in [0.1, 0.15) is 29.7 Å². The highest BCUT2D eigenvalue weighted by atomic mass is 32.2. The normalized spacial score (nSPS) is 18.8. The molecule has 20 heavy (non-hydrogen) atoms. The standard InChI is InChI=1S/C18H21NS/c1-3-19-18(15-9-6-7-13(2)11-15)17-12-14-8-4-5-10-16(14)20-17/h4-11,17-19H,3,12H2,1-2H3. The lowest BCUT2D eigenvalue weighted by molar-refractivity contribution is 0.531. The monoisotopic (exact) mass is 283 g/mol. The van der Waals surface area contributed by atoms with Crippen molar-refractivity contribution in [3.63, 3.8) is 0 Å². The van der Waals surface area contributed by atoms with E-state index >= 15 is 0 Å². The van der Waals surface area contributed by atoms with E-state index in [0.29, 0.717) is 11.3 Å². The van der Waals surface area contributed by atoms with Crippen molar-refractivity contribution >= 4 is 11.8 Å². The van der Waals surface area contributed by atoms with Crippen molar-refractivity contribution in [3.8, 4) is 0 Å². The van der Waals surface area contributed by atoms with E-state index in [9.17, 15) is 0 Å². The molecule has 0 saturated heterocycles. The zero-order valence-electron chi connectivity index (χ0n) is 12.1. The Morgan fingerprint density at radius 3 is 2.80 bits per heavy atom. The molecular weight excluding hydrogens is 262 g/mol. The Morgan fingerprint density at radius 2 is 2.05 bits per heavy atom. The van der Waals surface area contributed by atoms with Gasteiger partial charge in [-0.2, -0.15) is 0 Å². The highest BCUT2D eigenvalue weighted by Crippen LogP contribution is 2.42. The van der Waals surface area contributed by atoms with Gasteiger partial charge < -0.3 is 5.32 Å². The first-order chi connectivity index (χ1) is 9.78. The second-order valence-corrected chi connectivity index (χ2v) is 6.70. The van der Waals surface area contributed by atoms with Gasteiger partial charge in [0.1, 0.15) is 0 Å². The van der Waals surface area contributed by atoms with Crippen molar-refractivity contribution in [2.45, 2.75) is 36.5 Å². The van der Waals surface area contributed by atoms with Gasteiger partial charge >= 0.3 is 0 Å². The van der Waals surface area contributed by atoms with E-state index in [-0.39, 0.29) is 0 Å². The molecule has 1 nitrogen and oxygen atoms in total. The van der Waals surface area contributed by atoms with Gasteiger partial charge in [-0.15, -0.1) is 11.8 Å². The smallest absolute Gasteiger partial charge is 0.0447 e. The summed E-state index contributed by atoms with van der Waals surface area (Å²) in [7, 11) is 0. The van der Waals surface area contributed by atoms with Crippen molar-refractivity contribution in [1.29, 1.82) is 0 Å². The summed E-state index contributed by atoms with van der Waals surface area (Å²) < 4.78 is 0. The molecule has 0 saturated carbocycles. The van der Waals surface area contributed by atoms with Crippen LogP contribution in [-0.4, -0.2) is 11.8 Å². The lowest BCUT2D eigenvalue weighted by Gasteiger charge is -2.24. The van der Waals surface area contributed by atoms with Gasteiger partial charge in [0, 0.05) is 16.2 Å². The Labute approximate surface area is 125 Å². The summed E-state index contributed by atoms with van der Waals surface area (Å²) in [5, 5.41) is 4.27. The van der Waals surface area contributed by atoms with Crippen LogP contribution in [0.3, 0.4) is 0 Å². The van der Waals surface area contributed by atoms with Crippen LogP contribution < -0.4 is 5.32 Å². The Kier molecular flexibility index (Phi) is 4.13. The molecule has 1 aliphatic rings. The molecule has 0 aliphatic carbocycles. The number of fused-ring (bicyclic) bond motifs is 1. The third-order valence-electron chi connectivity index (χ3n) is 3.87. The second kappa shape index (κ2) is 6.02. The zero-order valence-corrected chi connectivity index (χ0v) is 12.9. The van der Waals surface area contributed by atoms with Crippen LogP contribution in [-0.2, 0) is 6.42 Å². The molecule has 2 heteroatoms. The fourth-order valence-electron chi connectivity index (χ4n) is 2.94. The van der Waals surface area contributed by atoms with Crippen LogP contribution in [0, 0.1) is 6.92 Å². The first kappa shape index (κ1) is 13.7. The quantitative estimate of drug-likeness (QED) is 0.894. The second-order valence-electron chi connectivity index (χ2n) is 5.42. The maximum Gasteiger partial charge on any atom is 0.0447 e. The molecule has 0 bridgehead atoms. The Bertz CT molecular complexity index is 568. The van der Waals surface area contributed by atoms with Gasteiger partial charge in [0.15, 0.2) is 0 Å². The first-order valence-electron chi connectivity index (χ1n) is 7.32. The van der Waals surface area contributed by atoms with Gasteiger partial charge in [0.2, 0.25) is 0 Å². The molecule has 104 valence electrons. The fraction of sp³-hybridized carbons (Fsp3) is 0.333. The summed E-state index contributed by atoms with van der Waals surface area (Å²) in [4.78, 5) is 1.45. The van der Waals surface area contributed by atoms with Crippen LogP contribution >= 0.6 is 11.8 Å². The van der Waals surface area contributed by atoms with Crippen molar-refractivity contribution in [1.82, 2.24) is 5.32 Å². The number of aryl methyl sites for hydroxylation is 1. The van der Waals surface area contributed by atoms with Crippen LogP contribution in [0.5, 0.6) is 0 Å². The van der Waals surface area contributed by atoms with E-state index in [1.807, 2.05) is 11.8 Å². The van der Waals surface area contributed by atoms with E-state index in [0.717, 1.165) is 13.0 Å². The maximum absolute atomic E-state index is 3.68. The predicted molar refractivity (Wildman–Crippen MR) is 87.4 cm³/mol. The molecule has 1 aliphatic heterocycles. The number of hydrogen-bond donors (Lipinski definition) is 1. The molecule has 1 N–H and O–H groups in total. The lowest BCUT2D eigenvalue weighted by Crippen LogP contribution is -2.30. The Balaban J connectivity index is 1.86. The number of thioether (sulfide) groups is 1. The summed E-state index contributed by atoms with van der Waals surface area (Å²) in [5.74, 6) is 0. The molecule has 2 unspecified atom stereocenters. The SMILES string of the molecule is CCNC(c1cccc(C)c1)C1Cc2ccccc2S1. The number of hydrogen-bond acceptors (Lipinski definition) is 2. The number of benzene rings is 2. The van der Waals surface area contributed by atoms with E-state index < -0.39 is 0 Å². The van der Waals surface area contributed by atoms with Crippen LogP contribution in [0.2, 0.25) is 0 Å². The largest absolute Gasteiger partial charge is 0.309 e. The third-order valence-corrected chi connectivity index (χ3v) is 5.26. The van der Waals surface area contributed by atoms with Crippen LogP contribution in [0.15, 0.2) is 53.4 Å². The van der Waals surface area contributed by atoms with Crippen molar-refractivity contribution < 1.29 is 0 Å². The summed E-state index contributed by atoms with van der Waals surface area (Å²) in [6.45, 7) is 5.37. The van der Waals surface area contributed by atoms with E-state index in [1.54, 1.807) is 0 Å². The van der Waals surface area contributed by atoms with Crippen LogP contribution in [0.25, 0.3) is 0 Å². The summed E-state index contributed by atoms with van der Waals surface area (Å²) in [5.41, 5.74) is 4.25. The van der Waals surface area contributed by atoms with E-state index in [2.05, 4.69) is 67.7 Å². The molecule has 0 radical (unpaired) electrons. The molecular formula is C18H21NS. The third kappa shape index (κ3) is 2.77. The molecule has 2 atom stereocenters. The maximum atomic E-state index is 3.68. The Morgan fingerprint density at radius 1 is 1.20 bits per heavy atom. The topological polar surface area (TPSA) is 12.0 Å². The number of rotatable bonds is 4. The van der Waals surface area contributed by atoms with Gasteiger partial charge in [-0.05, 0) is 37.1 Å². The first-order valence-corrected chi connectivity index (χ1v) is 8.20. The molecule has 2 aromatic carbocycles. The average Bonchev–Trinajstić information content (AvgIpc) is 2.88. The molecule has 0 spiro atoms. The van der Waals surface area contributed by atoms with Crippen LogP contribution in [0.4, 0.5) is 0 Å². The van der Waals surface area contributed by atoms with E-state index in [1.165, 1.54) is 21.6 Å². The van der Waals surface area contributed by atoms with Gasteiger partial charge in [-0.3, -0.25) is 0 Å². The molecule has 1 heterocycles. The van der Waals surface area contributed by atoms with Gasteiger partial charge in [-0.25, -0.2) is 0 Å². The average molecular weight is 283 g/mol. The van der Waals surface area contributed by atoms with Crippen molar-refractivity contribution in [3.05, 3.63) is 65.2 Å². The molecule has 0 amide bonds. The molecule has 3 rings (SSSR count). The minimum absolute atomic E-state index is 0.428. The zero-order chi connectivity index (χ0) is 13.9. The Hall–Kier alpha value is -1.25. The van der Waals surface area contributed by atoms with Gasteiger partial charge in [-0.1, -0.05) is 55.0 Å². The summed E-state index contributed by atoms with van der Waals surface area (Å²) in [6.07, 6.45) is 1.16. The highest BCUT2D eigenvalue weighted by molar-refractivity contribution is 8.00. The molecule has 0 aromatic heterocycles. The van der Waals surface area contributed by atoms with Crippen molar-refractivity contribution in [2.24, 2.45) is 0 Å². The fourth-order valence-corrected chi connectivity index (χ4v) is 4.38. The minimum atomic E-state index is 0.428. The highest BCUT2D eigenvalue weighted by Gasteiger charge is 2.29. The summed E-state index contributed by atoms with van der Waals surface area (Å²) in [6, 6.07) is 18.1. The summed E-state index contributed by atoms with van der Waals surface area (Å²) >= 11 is 2.02. The van der Waals surface area contributed by atoms with Gasteiger partial charge in [0.25, 0.3) is 0 Å². The number of nitrogens with one attached hydrogen (secondary N) is 1. The van der Waals surface area contributed by atoms with Gasteiger partial charge in [0.05, 0.1) is 0 Å². The predicted octanol–water partition coefficient (Wildman–Crippen LogP) is 4.36. The molecule has 2 aromatic rings.